The van der Waals surface area contributed by atoms with E-state index < -0.39 is 0 Å². The smallest absolute Gasteiger partial charge is 0.339 e. The zero-order valence-corrected chi connectivity index (χ0v) is 14.7. The number of hydrogen-bond donors (Lipinski definition) is 1. The minimum atomic E-state index is -0.360. The number of carbonyl (C=O) groups excluding carboxylic acids is 2. The van der Waals surface area contributed by atoms with Gasteiger partial charge in [0.25, 0.3) is 0 Å². The van der Waals surface area contributed by atoms with E-state index in [-0.39, 0.29) is 18.4 Å². The Morgan fingerprint density at radius 3 is 2.84 bits per heavy atom. The molecule has 1 aliphatic heterocycles. The molecule has 0 radical (unpaired) electrons. The summed E-state index contributed by atoms with van der Waals surface area (Å²) in [6, 6.07) is 7.41. The largest absolute Gasteiger partial charge is 0.493 e. The normalized spacial score (nSPS) is 12.4. The monoisotopic (exact) mass is 342 g/mol. The van der Waals surface area contributed by atoms with E-state index in [4.69, 9.17) is 9.47 Å². The fourth-order valence-electron chi connectivity index (χ4n) is 3.07. The molecule has 0 saturated carbocycles. The van der Waals surface area contributed by atoms with Crippen LogP contribution < -0.4 is 10.1 Å². The van der Waals surface area contributed by atoms with Gasteiger partial charge in [0.15, 0.2) is 0 Å². The number of nitrogens with one attached hydrogen (secondary N) is 1. The molecule has 2 heterocycles. The average Bonchev–Trinajstić information content (AvgIpc) is 3.14. The number of fused-ring (bicyclic) bond motifs is 1. The molecule has 0 unspecified atom stereocenters. The number of amides is 1. The van der Waals surface area contributed by atoms with Gasteiger partial charge in [0.1, 0.15) is 12.3 Å². The van der Waals surface area contributed by atoms with Crippen LogP contribution in [-0.2, 0) is 22.5 Å². The van der Waals surface area contributed by atoms with Crippen molar-refractivity contribution < 1.29 is 19.1 Å². The fourth-order valence-corrected chi connectivity index (χ4v) is 3.07. The molecule has 0 spiro atoms. The van der Waals surface area contributed by atoms with E-state index in [2.05, 4.69) is 5.32 Å². The Labute approximate surface area is 146 Å². The predicted octanol–water partition coefficient (Wildman–Crippen LogP) is 2.86. The maximum atomic E-state index is 12.4. The van der Waals surface area contributed by atoms with Crippen molar-refractivity contribution in [1.82, 2.24) is 4.57 Å². The minimum Gasteiger partial charge on any atom is -0.493 e. The lowest BCUT2D eigenvalue weighted by molar-refractivity contribution is -0.116. The molecule has 0 aliphatic carbocycles. The Morgan fingerprint density at radius 2 is 2.08 bits per heavy atom. The van der Waals surface area contributed by atoms with Crippen LogP contribution in [0.4, 0.5) is 5.69 Å². The molecule has 1 aromatic heterocycles. The number of ether oxygens (including phenoxy) is 2. The first-order valence-electron chi connectivity index (χ1n) is 8.39. The second-order valence-corrected chi connectivity index (χ2v) is 6.06. The molecule has 132 valence electrons. The van der Waals surface area contributed by atoms with Crippen LogP contribution in [0.2, 0.25) is 0 Å². The van der Waals surface area contributed by atoms with Crippen LogP contribution in [0.15, 0.2) is 24.3 Å². The van der Waals surface area contributed by atoms with E-state index in [1.165, 1.54) is 0 Å². The van der Waals surface area contributed by atoms with Crippen LogP contribution in [0.5, 0.6) is 5.75 Å². The Hall–Kier alpha value is -2.76. The van der Waals surface area contributed by atoms with E-state index in [0.29, 0.717) is 18.8 Å². The average molecular weight is 342 g/mol. The first-order valence-corrected chi connectivity index (χ1v) is 8.39. The van der Waals surface area contributed by atoms with Crippen molar-refractivity contribution in [1.29, 1.82) is 0 Å². The summed E-state index contributed by atoms with van der Waals surface area (Å²) in [5.41, 5.74) is 3.94. The number of aromatic nitrogens is 1. The summed E-state index contributed by atoms with van der Waals surface area (Å²) in [6.07, 6.45) is 0.859. The molecule has 1 aromatic carbocycles. The minimum absolute atomic E-state index is 0.143. The van der Waals surface area contributed by atoms with Gasteiger partial charge in [-0.3, -0.25) is 4.79 Å². The molecule has 0 bridgehead atoms. The van der Waals surface area contributed by atoms with Gasteiger partial charge in [-0.15, -0.1) is 0 Å². The lowest BCUT2D eigenvalue weighted by atomic mass is 10.1. The summed E-state index contributed by atoms with van der Waals surface area (Å²) in [7, 11) is 0. The summed E-state index contributed by atoms with van der Waals surface area (Å²) < 4.78 is 12.3. The maximum absolute atomic E-state index is 12.4. The molecule has 0 saturated heterocycles. The van der Waals surface area contributed by atoms with Gasteiger partial charge in [-0.2, -0.15) is 0 Å². The number of aryl methyl sites for hydroxylation is 1. The second-order valence-electron chi connectivity index (χ2n) is 6.06. The summed E-state index contributed by atoms with van der Waals surface area (Å²) in [4.78, 5) is 24.4. The third-order valence-corrected chi connectivity index (χ3v) is 4.34. The van der Waals surface area contributed by atoms with Gasteiger partial charge in [0.05, 0.1) is 18.8 Å². The van der Waals surface area contributed by atoms with Crippen molar-refractivity contribution in [2.75, 3.05) is 18.5 Å². The second kappa shape index (κ2) is 7.01. The molecule has 6 heteroatoms. The van der Waals surface area contributed by atoms with Gasteiger partial charge in [-0.05, 0) is 50.6 Å². The first kappa shape index (κ1) is 17.1. The van der Waals surface area contributed by atoms with Gasteiger partial charge in [-0.25, -0.2) is 4.79 Å². The zero-order chi connectivity index (χ0) is 18.0. The highest BCUT2D eigenvalue weighted by molar-refractivity contribution is 5.93. The Morgan fingerprint density at radius 1 is 1.28 bits per heavy atom. The number of hydrogen-bond acceptors (Lipinski definition) is 4. The van der Waals surface area contributed by atoms with Crippen LogP contribution in [0, 0.1) is 13.8 Å². The van der Waals surface area contributed by atoms with Crippen molar-refractivity contribution >= 4 is 17.6 Å². The molecule has 2 aromatic rings. The maximum Gasteiger partial charge on any atom is 0.339 e. The topological polar surface area (TPSA) is 69.6 Å². The van der Waals surface area contributed by atoms with Crippen molar-refractivity contribution in [3.05, 3.63) is 46.8 Å². The highest BCUT2D eigenvalue weighted by Crippen LogP contribution is 2.27. The van der Waals surface area contributed by atoms with Crippen LogP contribution >= 0.6 is 0 Å². The molecule has 1 N–H and O–H groups in total. The van der Waals surface area contributed by atoms with E-state index in [0.717, 1.165) is 34.8 Å². The molecule has 0 atom stereocenters. The van der Waals surface area contributed by atoms with Gasteiger partial charge in [0, 0.05) is 23.5 Å². The quantitative estimate of drug-likeness (QED) is 0.848. The molecule has 1 aliphatic rings. The van der Waals surface area contributed by atoms with E-state index in [1.807, 2.05) is 36.6 Å². The van der Waals surface area contributed by atoms with Crippen LogP contribution in [-0.4, -0.2) is 29.7 Å². The van der Waals surface area contributed by atoms with Gasteiger partial charge < -0.3 is 19.4 Å². The number of esters is 1. The number of carbonyl (C=O) groups is 2. The number of anilines is 1. The number of nitrogens with zero attached hydrogens (tertiary/aromatic N) is 1. The SMILES string of the molecule is CCOC(=O)c1cc(C)n(CC(=O)Nc2ccc3c(c2)CCO3)c1C. The Bertz CT molecular complexity index is 823. The van der Waals surface area contributed by atoms with Crippen molar-refractivity contribution in [3.8, 4) is 5.75 Å². The van der Waals surface area contributed by atoms with Crippen LogP contribution in [0.3, 0.4) is 0 Å². The molecular formula is C19H22N2O4. The van der Waals surface area contributed by atoms with Crippen molar-refractivity contribution in [2.45, 2.75) is 33.7 Å². The Balaban J connectivity index is 1.72. The zero-order valence-electron chi connectivity index (χ0n) is 14.7. The van der Waals surface area contributed by atoms with E-state index in [9.17, 15) is 9.59 Å². The Kier molecular flexibility index (Phi) is 4.79. The standard InChI is InChI=1S/C19H22N2O4/c1-4-24-19(23)16-9-12(2)21(13(16)3)11-18(22)20-15-5-6-17-14(10-15)7-8-25-17/h5-6,9-10H,4,7-8,11H2,1-3H3,(H,20,22). The molecule has 3 rings (SSSR count). The van der Waals surface area contributed by atoms with E-state index in [1.54, 1.807) is 13.0 Å². The summed E-state index contributed by atoms with van der Waals surface area (Å²) in [5.74, 6) is 0.381. The van der Waals surface area contributed by atoms with Gasteiger partial charge in [0.2, 0.25) is 5.91 Å². The first-order chi connectivity index (χ1) is 12.0. The van der Waals surface area contributed by atoms with E-state index >= 15 is 0 Å². The third-order valence-electron chi connectivity index (χ3n) is 4.34. The summed E-state index contributed by atoms with van der Waals surface area (Å²) >= 11 is 0. The number of rotatable bonds is 5. The van der Waals surface area contributed by atoms with Crippen molar-refractivity contribution in [2.24, 2.45) is 0 Å². The highest BCUT2D eigenvalue weighted by atomic mass is 16.5. The van der Waals surface area contributed by atoms with Gasteiger partial charge >= 0.3 is 5.97 Å². The number of benzene rings is 1. The lowest BCUT2D eigenvalue weighted by Crippen LogP contribution is -2.20. The molecular weight excluding hydrogens is 320 g/mol. The highest BCUT2D eigenvalue weighted by Gasteiger charge is 2.18. The predicted molar refractivity (Wildman–Crippen MR) is 94.1 cm³/mol. The van der Waals surface area contributed by atoms with Crippen LogP contribution in [0.25, 0.3) is 0 Å². The fraction of sp³-hybridized carbons (Fsp3) is 0.368. The van der Waals surface area contributed by atoms with Crippen LogP contribution in [0.1, 0.15) is 34.2 Å². The van der Waals surface area contributed by atoms with Gasteiger partial charge in [-0.1, -0.05) is 0 Å². The van der Waals surface area contributed by atoms with Crippen molar-refractivity contribution in [3.63, 3.8) is 0 Å². The third kappa shape index (κ3) is 3.52. The summed E-state index contributed by atoms with van der Waals surface area (Å²) in [6.45, 7) is 6.61. The molecule has 6 nitrogen and oxygen atoms in total. The molecule has 25 heavy (non-hydrogen) atoms. The summed E-state index contributed by atoms with van der Waals surface area (Å²) in [5, 5.41) is 2.91. The molecule has 1 amide bonds. The lowest BCUT2D eigenvalue weighted by Gasteiger charge is -2.11. The molecule has 0 fully saturated rings.